The number of rotatable bonds is 10. The minimum absolute atomic E-state index is 0. The van der Waals surface area contributed by atoms with E-state index in [4.69, 9.17) is 14.8 Å². The molecule has 48 heavy (non-hydrogen) atoms. The number of fused-ring (bicyclic) bond motifs is 3. The average molecular weight is 812 g/mol. The van der Waals surface area contributed by atoms with Gasteiger partial charge in [0, 0.05) is 35.0 Å². The van der Waals surface area contributed by atoms with Crippen molar-refractivity contribution in [2.75, 3.05) is 0 Å². The summed E-state index contributed by atoms with van der Waals surface area (Å²) in [5.74, 6) is 2.08. The fraction of sp³-hybridized carbons (Fsp3) is 0.238. The van der Waals surface area contributed by atoms with Crippen LogP contribution >= 0.6 is 0 Å². The van der Waals surface area contributed by atoms with Gasteiger partial charge in [0.1, 0.15) is 5.82 Å². The van der Waals surface area contributed by atoms with Gasteiger partial charge in [-0.1, -0.05) is 63.9 Å². The van der Waals surface area contributed by atoms with Gasteiger partial charge in [-0.2, -0.15) is 17.2 Å². The Kier molecular flexibility index (Phi) is 9.98. The number of hydrogen-bond acceptors (Lipinski definition) is 3. The Balaban J connectivity index is 0.00000401. The van der Waals surface area contributed by atoms with E-state index in [1.54, 1.807) is 0 Å². The molecule has 3 aromatic heterocycles. The van der Waals surface area contributed by atoms with Crippen molar-refractivity contribution in [3.8, 4) is 34.1 Å². The van der Waals surface area contributed by atoms with Gasteiger partial charge in [0.15, 0.2) is 0 Å². The summed E-state index contributed by atoms with van der Waals surface area (Å²) >= 11 is 0. The zero-order valence-corrected chi connectivity index (χ0v) is 30.5. The van der Waals surface area contributed by atoms with E-state index in [2.05, 4.69) is 100.0 Å². The zero-order valence-electron chi connectivity index (χ0n) is 28.2. The van der Waals surface area contributed by atoms with Crippen molar-refractivity contribution in [2.24, 2.45) is 0 Å². The maximum atomic E-state index is 6.41. The van der Waals surface area contributed by atoms with Crippen molar-refractivity contribution < 1.29 is 25.8 Å². The molecule has 7 rings (SSSR count). The van der Waals surface area contributed by atoms with Crippen LogP contribution in [0.4, 0.5) is 0 Å². The summed E-state index contributed by atoms with van der Waals surface area (Å²) in [5, 5.41) is 7.08. The van der Waals surface area contributed by atoms with Crippen LogP contribution < -0.4 is 4.74 Å². The van der Waals surface area contributed by atoms with Crippen LogP contribution in [0.25, 0.3) is 44.4 Å². The smallest absolute Gasteiger partial charge is 0.509 e. The molecule has 0 saturated heterocycles. The van der Waals surface area contributed by atoms with E-state index in [1.807, 2.05) is 47.4 Å². The molecule has 0 saturated carbocycles. The molecule has 7 aromatic rings. The van der Waals surface area contributed by atoms with Gasteiger partial charge in [-0.05, 0) is 95.3 Å². The van der Waals surface area contributed by atoms with Crippen LogP contribution in [0.5, 0.6) is 11.5 Å². The molecule has 0 amide bonds. The minimum Gasteiger partial charge on any atom is -0.509 e. The molecule has 0 N–H and O–H groups in total. The molecule has 0 radical (unpaired) electrons. The van der Waals surface area contributed by atoms with Crippen LogP contribution in [0, 0.1) is 19.1 Å². The largest absolute Gasteiger partial charge is 2.00 e. The fourth-order valence-electron chi connectivity index (χ4n) is 6.95. The third-order valence-electron chi connectivity index (χ3n) is 9.12. The Morgan fingerprint density at radius 2 is 1.56 bits per heavy atom. The van der Waals surface area contributed by atoms with Crippen molar-refractivity contribution in [3.05, 3.63) is 131 Å². The summed E-state index contributed by atoms with van der Waals surface area (Å²) in [5.41, 5.74) is 12.3. The number of benzene rings is 4. The van der Waals surface area contributed by atoms with Crippen LogP contribution in [0.3, 0.4) is 0 Å². The van der Waals surface area contributed by atoms with Gasteiger partial charge in [-0.15, -0.1) is 35.7 Å². The predicted molar refractivity (Wildman–Crippen MR) is 192 cm³/mol. The number of aryl methyl sites for hydroxylation is 3. The standard InChI is InChI=1S/C42H40N4O.Pt/c1-6-13-36-30(8-3)23-29(7-2)35(9-4)42(36)31-26-44-45(27-31)32-14-12-15-33(24-32)47-34-18-19-38-37-16-10-11-17-39(37)46(40(38)25-34)41-22-28(5)20-21-43-41;/h10-12,14-23,26-27H,6-9,13H2,1-5H3;/q-2;+2. The van der Waals surface area contributed by atoms with Gasteiger partial charge in [0.25, 0.3) is 0 Å². The number of para-hydroxylation sites is 1. The first kappa shape index (κ1) is 33.4. The maximum Gasteiger partial charge on any atom is 2.00 e. The van der Waals surface area contributed by atoms with Crippen molar-refractivity contribution in [1.82, 2.24) is 19.3 Å². The van der Waals surface area contributed by atoms with Gasteiger partial charge < -0.3 is 9.30 Å². The number of aromatic nitrogens is 4. The van der Waals surface area contributed by atoms with E-state index in [0.29, 0.717) is 11.5 Å². The van der Waals surface area contributed by atoms with Gasteiger partial charge in [-0.25, -0.2) is 4.98 Å². The summed E-state index contributed by atoms with van der Waals surface area (Å²) in [6.45, 7) is 11.1. The number of ether oxygens (including phenoxy) is 1. The van der Waals surface area contributed by atoms with E-state index < -0.39 is 0 Å². The molecule has 0 fully saturated rings. The first-order chi connectivity index (χ1) is 23.0. The Bertz CT molecular complexity index is 2230. The van der Waals surface area contributed by atoms with Crippen LogP contribution in [0.15, 0.2) is 91.4 Å². The summed E-state index contributed by atoms with van der Waals surface area (Å²) in [6, 6.07) is 32.0. The average Bonchev–Trinajstić information content (AvgIpc) is 3.71. The molecule has 244 valence electrons. The second-order valence-corrected chi connectivity index (χ2v) is 12.1. The summed E-state index contributed by atoms with van der Waals surface area (Å²) in [7, 11) is 0. The van der Waals surface area contributed by atoms with Crippen molar-refractivity contribution in [1.29, 1.82) is 0 Å². The fourth-order valence-corrected chi connectivity index (χ4v) is 6.95. The Morgan fingerprint density at radius 1 is 0.771 bits per heavy atom. The molecule has 4 aromatic carbocycles. The molecule has 0 bridgehead atoms. The second kappa shape index (κ2) is 14.3. The topological polar surface area (TPSA) is 44.9 Å². The van der Waals surface area contributed by atoms with Gasteiger partial charge >= 0.3 is 21.1 Å². The Morgan fingerprint density at radius 3 is 2.33 bits per heavy atom. The molecule has 0 spiro atoms. The summed E-state index contributed by atoms with van der Waals surface area (Å²) in [4.78, 5) is 4.70. The molecular formula is C42H40N4OPt. The summed E-state index contributed by atoms with van der Waals surface area (Å²) in [6.07, 6.45) is 11.2. The first-order valence-corrected chi connectivity index (χ1v) is 16.8. The molecule has 5 nitrogen and oxygen atoms in total. The van der Waals surface area contributed by atoms with E-state index >= 15 is 0 Å². The normalized spacial score (nSPS) is 11.3. The van der Waals surface area contributed by atoms with Crippen LogP contribution in [-0.2, 0) is 46.7 Å². The third kappa shape index (κ3) is 6.13. The van der Waals surface area contributed by atoms with Crippen molar-refractivity contribution in [2.45, 2.75) is 66.7 Å². The summed E-state index contributed by atoms with van der Waals surface area (Å²) < 4.78 is 10.5. The second-order valence-electron chi connectivity index (χ2n) is 12.1. The third-order valence-corrected chi connectivity index (χ3v) is 9.12. The molecule has 6 heteroatoms. The molecule has 0 aliphatic rings. The SMILES string of the molecule is CCCc1c(CC)cc(CC)c(CC)c1-c1cnn(-c2[c-]c(Oc3[c-]c4c(cc3)c3ccccc3n4-c3cc(C)ccn3)ccc2)c1.[Pt+2]. The predicted octanol–water partition coefficient (Wildman–Crippen LogP) is 10.4. The van der Waals surface area contributed by atoms with Crippen LogP contribution in [0.1, 0.15) is 61.9 Å². The molecule has 0 atom stereocenters. The van der Waals surface area contributed by atoms with Crippen molar-refractivity contribution >= 4 is 21.8 Å². The van der Waals surface area contributed by atoms with E-state index in [1.165, 1.54) is 27.8 Å². The Hall–Kier alpha value is -4.47. The molecule has 0 aliphatic heterocycles. The molecular weight excluding hydrogens is 772 g/mol. The minimum atomic E-state index is 0. The number of hydrogen-bond donors (Lipinski definition) is 0. The van der Waals surface area contributed by atoms with Gasteiger partial charge in [0.2, 0.25) is 0 Å². The van der Waals surface area contributed by atoms with E-state index in [-0.39, 0.29) is 21.1 Å². The van der Waals surface area contributed by atoms with Gasteiger partial charge in [-0.3, -0.25) is 4.68 Å². The van der Waals surface area contributed by atoms with Crippen molar-refractivity contribution in [3.63, 3.8) is 0 Å². The van der Waals surface area contributed by atoms with Gasteiger partial charge in [0.05, 0.1) is 6.20 Å². The number of pyridine rings is 1. The molecule has 3 heterocycles. The molecule has 0 aliphatic carbocycles. The maximum absolute atomic E-state index is 6.41. The molecule has 0 unspecified atom stereocenters. The zero-order chi connectivity index (χ0) is 32.5. The number of nitrogens with zero attached hydrogens (tertiary/aromatic N) is 4. The van der Waals surface area contributed by atoms with Crippen LogP contribution in [-0.4, -0.2) is 19.3 Å². The van der Waals surface area contributed by atoms with E-state index in [9.17, 15) is 0 Å². The van der Waals surface area contributed by atoms with E-state index in [0.717, 1.165) is 76.5 Å². The van der Waals surface area contributed by atoms with Crippen LogP contribution in [0.2, 0.25) is 0 Å². The quantitative estimate of drug-likeness (QED) is 0.129. The first-order valence-electron chi connectivity index (χ1n) is 16.8. The monoisotopic (exact) mass is 811 g/mol. The Labute approximate surface area is 297 Å².